The molecule has 0 unspecified atom stereocenters. The Morgan fingerprint density at radius 2 is 1.74 bits per heavy atom. The summed E-state index contributed by atoms with van der Waals surface area (Å²) >= 11 is 0. The van der Waals surface area contributed by atoms with E-state index in [1.165, 1.54) is 23.6 Å². The van der Waals surface area contributed by atoms with Crippen LogP contribution in [-0.4, -0.2) is 39.8 Å². The molecule has 0 atom stereocenters. The van der Waals surface area contributed by atoms with Crippen LogP contribution < -0.4 is 10.6 Å². The van der Waals surface area contributed by atoms with Crippen molar-refractivity contribution in [1.29, 1.82) is 0 Å². The highest BCUT2D eigenvalue weighted by Crippen LogP contribution is 2.26. The quantitative estimate of drug-likeness (QED) is 0.252. The van der Waals surface area contributed by atoms with Gasteiger partial charge in [0.05, 0.1) is 14.2 Å². The lowest BCUT2D eigenvalue weighted by molar-refractivity contribution is -0.118. The SMILES string of the molecule is C=C(/C=C(OC)\C(CNCCNC(C)=O)=C(/C)OC)OCc1cccc(-c2ccccc2)c1C. The number of hydrogen-bond donors (Lipinski definition) is 2. The molecule has 0 fully saturated rings. The van der Waals surface area contributed by atoms with E-state index in [4.69, 9.17) is 14.2 Å². The molecule has 0 saturated carbocycles. The number of ether oxygens (including phenoxy) is 3. The summed E-state index contributed by atoms with van der Waals surface area (Å²) in [7, 11) is 3.22. The third kappa shape index (κ3) is 8.12. The Labute approximate surface area is 203 Å². The standard InChI is InChI=1S/C28H36N2O4/c1-20(17-28(33-6)27(22(3)32-5)18-29-15-16-30-23(4)31)34-19-25-13-10-14-26(21(25)2)24-11-8-7-9-12-24/h7-14,17,29H,1,15-16,18-19H2,2-6H3,(H,30,31)/b27-22+,28-17+. The monoisotopic (exact) mass is 464 g/mol. The Morgan fingerprint density at radius 1 is 1.00 bits per heavy atom. The van der Waals surface area contributed by atoms with E-state index < -0.39 is 0 Å². The van der Waals surface area contributed by atoms with Crippen LogP contribution in [0.1, 0.15) is 25.0 Å². The van der Waals surface area contributed by atoms with Crippen LogP contribution in [0.2, 0.25) is 0 Å². The maximum absolute atomic E-state index is 11.0. The molecule has 0 aromatic heterocycles. The first-order valence-corrected chi connectivity index (χ1v) is 11.3. The topological polar surface area (TPSA) is 68.8 Å². The van der Waals surface area contributed by atoms with Crippen molar-refractivity contribution in [2.75, 3.05) is 33.9 Å². The van der Waals surface area contributed by atoms with E-state index in [1.807, 2.05) is 31.2 Å². The molecule has 0 heterocycles. The van der Waals surface area contributed by atoms with Crippen molar-refractivity contribution < 1.29 is 19.0 Å². The van der Waals surface area contributed by atoms with Gasteiger partial charge in [-0.2, -0.15) is 0 Å². The first kappa shape index (κ1) is 26.7. The molecule has 0 aliphatic rings. The summed E-state index contributed by atoms with van der Waals surface area (Å²) in [5.74, 6) is 1.76. The number of carbonyl (C=O) groups is 1. The summed E-state index contributed by atoms with van der Waals surface area (Å²) in [6.45, 7) is 11.6. The van der Waals surface area contributed by atoms with Gasteiger partial charge in [-0.3, -0.25) is 4.79 Å². The van der Waals surface area contributed by atoms with Crippen molar-refractivity contribution in [3.8, 4) is 11.1 Å². The second-order valence-corrected chi connectivity index (χ2v) is 7.82. The van der Waals surface area contributed by atoms with E-state index in [0.29, 0.717) is 37.8 Å². The molecule has 0 aliphatic carbocycles. The molecule has 6 nitrogen and oxygen atoms in total. The highest BCUT2D eigenvalue weighted by atomic mass is 16.5. The average molecular weight is 465 g/mol. The van der Waals surface area contributed by atoms with Gasteiger partial charge in [-0.15, -0.1) is 0 Å². The van der Waals surface area contributed by atoms with Crippen molar-refractivity contribution >= 4 is 5.91 Å². The van der Waals surface area contributed by atoms with Gasteiger partial charge in [-0.1, -0.05) is 55.1 Å². The van der Waals surface area contributed by atoms with Gasteiger partial charge in [0.25, 0.3) is 0 Å². The molecule has 0 saturated heterocycles. The van der Waals surface area contributed by atoms with Crippen LogP contribution in [0, 0.1) is 6.92 Å². The minimum Gasteiger partial charge on any atom is -0.501 e. The lowest BCUT2D eigenvalue weighted by Crippen LogP contribution is -2.31. The Balaban J connectivity index is 2.08. The third-order valence-corrected chi connectivity index (χ3v) is 5.46. The Hall–Kier alpha value is -3.51. The molecule has 2 N–H and O–H groups in total. The molecule has 6 heteroatoms. The van der Waals surface area contributed by atoms with Crippen molar-refractivity contribution in [2.45, 2.75) is 27.4 Å². The number of allylic oxidation sites excluding steroid dienone is 2. The number of rotatable bonds is 13. The maximum atomic E-state index is 11.0. The molecule has 2 rings (SSSR count). The Bertz CT molecular complexity index is 1030. The van der Waals surface area contributed by atoms with E-state index in [-0.39, 0.29) is 5.91 Å². The van der Waals surface area contributed by atoms with Crippen LogP contribution in [0.4, 0.5) is 0 Å². The molecule has 0 aliphatic heterocycles. The van der Waals surface area contributed by atoms with E-state index >= 15 is 0 Å². The second kappa shape index (κ2) is 13.9. The van der Waals surface area contributed by atoms with Gasteiger partial charge in [0.15, 0.2) is 0 Å². The van der Waals surface area contributed by atoms with Crippen LogP contribution in [-0.2, 0) is 25.6 Å². The van der Waals surface area contributed by atoms with Gasteiger partial charge >= 0.3 is 0 Å². The number of methoxy groups -OCH3 is 2. The van der Waals surface area contributed by atoms with Crippen molar-refractivity contribution in [2.24, 2.45) is 0 Å². The molecule has 1 amide bonds. The number of nitrogens with one attached hydrogen (secondary N) is 2. The minimum atomic E-state index is -0.0545. The lowest BCUT2D eigenvalue weighted by Gasteiger charge is -2.17. The van der Waals surface area contributed by atoms with Crippen LogP contribution in [0.15, 0.2) is 84.0 Å². The summed E-state index contributed by atoms with van der Waals surface area (Å²) < 4.78 is 17.1. The van der Waals surface area contributed by atoms with Gasteiger partial charge in [-0.25, -0.2) is 0 Å². The average Bonchev–Trinajstić information content (AvgIpc) is 2.84. The summed E-state index contributed by atoms with van der Waals surface area (Å²) in [5.41, 5.74) is 5.49. The van der Waals surface area contributed by atoms with Gasteiger partial charge in [-0.05, 0) is 36.1 Å². The summed E-state index contributed by atoms with van der Waals surface area (Å²) in [6, 6.07) is 16.5. The normalized spacial score (nSPS) is 12.0. The maximum Gasteiger partial charge on any atom is 0.216 e. The molecular formula is C28H36N2O4. The van der Waals surface area contributed by atoms with E-state index in [9.17, 15) is 4.79 Å². The summed E-state index contributed by atoms with van der Waals surface area (Å²) in [6.07, 6.45) is 1.77. The first-order valence-electron chi connectivity index (χ1n) is 11.3. The third-order valence-electron chi connectivity index (χ3n) is 5.46. The molecule has 0 spiro atoms. The lowest BCUT2D eigenvalue weighted by atomic mass is 9.97. The Kier molecular flexibility index (Phi) is 10.9. The van der Waals surface area contributed by atoms with Gasteiger partial charge in [0.2, 0.25) is 5.91 Å². The van der Waals surface area contributed by atoms with Crippen LogP contribution in [0.3, 0.4) is 0 Å². The zero-order valence-corrected chi connectivity index (χ0v) is 20.9. The highest BCUT2D eigenvalue weighted by molar-refractivity contribution is 5.72. The smallest absolute Gasteiger partial charge is 0.216 e. The second-order valence-electron chi connectivity index (χ2n) is 7.82. The molecule has 34 heavy (non-hydrogen) atoms. The minimum absolute atomic E-state index is 0.0545. The van der Waals surface area contributed by atoms with Gasteiger partial charge in [0.1, 0.15) is 23.9 Å². The number of hydrogen-bond acceptors (Lipinski definition) is 5. The summed E-state index contributed by atoms with van der Waals surface area (Å²) in [5, 5.41) is 6.05. The fourth-order valence-electron chi connectivity index (χ4n) is 3.45. The van der Waals surface area contributed by atoms with Crippen molar-refractivity contribution in [3.05, 3.63) is 95.2 Å². The predicted octanol–water partition coefficient (Wildman–Crippen LogP) is 4.87. The van der Waals surface area contributed by atoms with Gasteiger partial charge < -0.3 is 24.8 Å². The molecule has 182 valence electrons. The zero-order valence-electron chi connectivity index (χ0n) is 20.9. The number of carbonyl (C=O) groups excluding carboxylic acids is 1. The van der Waals surface area contributed by atoms with Crippen molar-refractivity contribution in [3.63, 3.8) is 0 Å². The molecule has 2 aromatic carbocycles. The van der Waals surface area contributed by atoms with Crippen LogP contribution in [0.5, 0.6) is 0 Å². The largest absolute Gasteiger partial charge is 0.501 e. The van der Waals surface area contributed by atoms with Crippen LogP contribution in [0.25, 0.3) is 11.1 Å². The number of benzene rings is 2. The van der Waals surface area contributed by atoms with E-state index in [1.54, 1.807) is 20.3 Å². The molecule has 2 aromatic rings. The fraction of sp³-hybridized carbons (Fsp3) is 0.321. The van der Waals surface area contributed by atoms with Crippen molar-refractivity contribution in [1.82, 2.24) is 10.6 Å². The zero-order chi connectivity index (χ0) is 24.9. The van der Waals surface area contributed by atoms with Crippen LogP contribution >= 0.6 is 0 Å². The Morgan fingerprint density at radius 3 is 2.38 bits per heavy atom. The predicted molar refractivity (Wildman–Crippen MR) is 137 cm³/mol. The molecule has 0 radical (unpaired) electrons. The van der Waals surface area contributed by atoms with E-state index in [2.05, 4.69) is 48.4 Å². The highest BCUT2D eigenvalue weighted by Gasteiger charge is 2.12. The van der Waals surface area contributed by atoms with Gasteiger partial charge in [0, 0.05) is 38.2 Å². The fourth-order valence-corrected chi connectivity index (χ4v) is 3.45. The van der Waals surface area contributed by atoms with E-state index in [0.717, 1.165) is 16.9 Å². The summed E-state index contributed by atoms with van der Waals surface area (Å²) in [4.78, 5) is 11.0. The first-order chi connectivity index (χ1) is 16.4. The number of amides is 1. The molecule has 0 bridgehead atoms. The molecular weight excluding hydrogens is 428 g/mol.